The van der Waals surface area contributed by atoms with Crippen molar-refractivity contribution in [3.05, 3.63) is 30.0 Å². The van der Waals surface area contributed by atoms with Crippen LogP contribution in [0.2, 0.25) is 0 Å². The molecule has 82 valence electrons. The maximum Gasteiger partial charge on any atom is 0.0682 e. The molecule has 0 aliphatic heterocycles. The van der Waals surface area contributed by atoms with Gasteiger partial charge in [0.2, 0.25) is 0 Å². The van der Waals surface area contributed by atoms with E-state index in [-0.39, 0.29) is 0 Å². The van der Waals surface area contributed by atoms with Crippen LogP contribution in [-0.2, 0) is 6.42 Å². The first-order valence-electron chi connectivity index (χ1n) is 5.74. The van der Waals surface area contributed by atoms with Crippen LogP contribution in [0.3, 0.4) is 0 Å². The normalized spacial score (nSPS) is 9.80. The fraction of sp³-hybridized carbons (Fsp3) is 0.462. The topological polar surface area (TPSA) is 28.7 Å². The lowest BCUT2D eigenvalue weighted by Gasteiger charge is -1.98. The third-order valence-electron chi connectivity index (χ3n) is 2.08. The minimum Gasteiger partial charge on any atom is -0.278 e. The van der Waals surface area contributed by atoms with Gasteiger partial charge in [0.05, 0.1) is 11.7 Å². The molecular weight excluding hydrogens is 184 g/mol. The zero-order chi connectivity index (χ0) is 11.1. The standard InChI is InChI=1S/C10H12N2.C3H8/c1-2-4-8-5-3-6-9-7-11-12-10(8)9;1-3-2/h3,5-7H,2,4H2,1H3,(H,11,12);3H2,1-2H3. The molecule has 2 rings (SSSR count). The van der Waals surface area contributed by atoms with Gasteiger partial charge in [-0.3, -0.25) is 5.10 Å². The monoisotopic (exact) mass is 204 g/mol. The molecule has 2 heteroatoms. The molecule has 1 heterocycles. The molecular formula is C13H20N2. The van der Waals surface area contributed by atoms with Gasteiger partial charge in [-0.05, 0) is 12.0 Å². The average molecular weight is 204 g/mol. The Morgan fingerprint density at radius 3 is 2.60 bits per heavy atom. The first-order chi connectivity index (χ1) is 7.33. The second-order valence-corrected chi connectivity index (χ2v) is 3.71. The van der Waals surface area contributed by atoms with E-state index in [2.05, 4.69) is 49.2 Å². The lowest BCUT2D eigenvalue weighted by atomic mass is 10.1. The highest BCUT2D eigenvalue weighted by Crippen LogP contribution is 2.16. The number of aryl methyl sites for hydroxylation is 1. The largest absolute Gasteiger partial charge is 0.278 e. The van der Waals surface area contributed by atoms with Gasteiger partial charge in [-0.25, -0.2) is 0 Å². The predicted octanol–water partition coefficient (Wildman–Crippen LogP) is 3.93. The van der Waals surface area contributed by atoms with Crippen LogP contribution in [0.1, 0.15) is 39.2 Å². The van der Waals surface area contributed by atoms with Crippen LogP contribution in [0.25, 0.3) is 10.9 Å². The number of benzene rings is 1. The van der Waals surface area contributed by atoms with Crippen LogP contribution < -0.4 is 0 Å². The van der Waals surface area contributed by atoms with Crippen LogP contribution in [0.15, 0.2) is 24.4 Å². The van der Waals surface area contributed by atoms with Gasteiger partial charge in [0.15, 0.2) is 0 Å². The first-order valence-corrected chi connectivity index (χ1v) is 5.74. The molecule has 0 amide bonds. The molecule has 15 heavy (non-hydrogen) atoms. The molecule has 1 aromatic carbocycles. The Labute approximate surface area is 91.7 Å². The van der Waals surface area contributed by atoms with Gasteiger partial charge in [-0.1, -0.05) is 51.8 Å². The summed E-state index contributed by atoms with van der Waals surface area (Å²) in [5, 5.41) is 8.25. The van der Waals surface area contributed by atoms with Crippen LogP contribution in [0.4, 0.5) is 0 Å². The SMILES string of the molecule is CCC.CCCc1cccc2cn[nH]c12. The van der Waals surface area contributed by atoms with E-state index in [0.29, 0.717) is 0 Å². The summed E-state index contributed by atoms with van der Waals surface area (Å²) >= 11 is 0. The second-order valence-electron chi connectivity index (χ2n) is 3.71. The number of para-hydroxylation sites is 1. The molecule has 2 nitrogen and oxygen atoms in total. The van der Waals surface area contributed by atoms with Gasteiger partial charge in [-0.15, -0.1) is 0 Å². The highest BCUT2D eigenvalue weighted by Gasteiger charge is 1.99. The number of hydrogen-bond donors (Lipinski definition) is 1. The Morgan fingerprint density at radius 1 is 1.20 bits per heavy atom. The van der Waals surface area contributed by atoms with Crippen molar-refractivity contribution in [1.82, 2.24) is 10.2 Å². The zero-order valence-corrected chi connectivity index (χ0v) is 9.88. The minimum atomic E-state index is 1.12. The molecule has 0 unspecified atom stereocenters. The van der Waals surface area contributed by atoms with Gasteiger partial charge < -0.3 is 0 Å². The summed E-state index contributed by atoms with van der Waals surface area (Å²) in [6, 6.07) is 6.32. The maximum atomic E-state index is 4.02. The minimum absolute atomic E-state index is 1.12. The van der Waals surface area contributed by atoms with Crippen LogP contribution in [0, 0.1) is 0 Å². The summed E-state index contributed by atoms with van der Waals surface area (Å²) in [6.45, 7) is 6.44. The fourth-order valence-electron chi connectivity index (χ4n) is 1.51. The van der Waals surface area contributed by atoms with E-state index in [1.165, 1.54) is 29.3 Å². The highest BCUT2D eigenvalue weighted by molar-refractivity contribution is 5.81. The molecule has 1 aromatic heterocycles. The summed E-state index contributed by atoms with van der Waals surface area (Å²) in [7, 11) is 0. The molecule has 0 fully saturated rings. The lowest BCUT2D eigenvalue weighted by Crippen LogP contribution is -1.84. The van der Waals surface area contributed by atoms with E-state index in [9.17, 15) is 0 Å². The van der Waals surface area contributed by atoms with Crippen LogP contribution >= 0.6 is 0 Å². The Balaban J connectivity index is 0.000000337. The van der Waals surface area contributed by atoms with Crippen molar-refractivity contribution < 1.29 is 0 Å². The summed E-state index contributed by atoms with van der Waals surface area (Å²) in [6.07, 6.45) is 5.42. The van der Waals surface area contributed by atoms with Crippen LogP contribution in [-0.4, -0.2) is 10.2 Å². The van der Waals surface area contributed by atoms with E-state index >= 15 is 0 Å². The number of rotatable bonds is 2. The Kier molecular flexibility index (Phi) is 4.88. The molecule has 1 N–H and O–H groups in total. The van der Waals surface area contributed by atoms with Gasteiger partial charge >= 0.3 is 0 Å². The number of aromatic nitrogens is 2. The van der Waals surface area contributed by atoms with Crippen molar-refractivity contribution in [3.63, 3.8) is 0 Å². The van der Waals surface area contributed by atoms with Crippen molar-refractivity contribution >= 4 is 10.9 Å². The summed E-state index contributed by atoms with van der Waals surface area (Å²) in [4.78, 5) is 0. The van der Waals surface area contributed by atoms with E-state index in [1.54, 1.807) is 0 Å². The average Bonchev–Trinajstić information content (AvgIpc) is 2.68. The predicted molar refractivity (Wildman–Crippen MR) is 66.1 cm³/mol. The molecule has 0 saturated heterocycles. The molecule has 0 atom stereocenters. The highest BCUT2D eigenvalue weighted by atomic mass is 15.1. The van der Waals surface area contributed by atoms with E-state index in [4.69, 9.17) is 0 Å². The van der Waals surface area contributed by atoms with Crippen molar-refractivity contribution in [2.24, 2.45) is 0 Å². The van der Waals surface area contributed by atoms with Crippen LogP contribution in [0.5, 0.6) is 0 Å². The fourth-order valence-corrected chi connectivity index (χ4v) is 1.51. The third-order valence-corrected chi connectivity index (χ3v) is 2.08. The Morgan fingerprint density at radius 2 is 1.93 bits per heavy atom. The van der Waals surface area contributed by atoms with Crippen molar-refractivity contribution in [3.8, 4) is 0 Å². The van der Waals surface area contributed by atoms with Gasteiger partial charge in [0, 0.05) is 5.39 Å². The molecule has 0 radical (unpaired) electrons. The third kappa shape index (κ3) is 3.08. The Hall–Kier alpha value is -1.31. The van der Waals surface area contributed by atoms with Crippen molar-refractivity contribution in [2.45, 2.75) is 40.0 Å². The second kappa shape index (κ2) is 6.23. The number of fused-ring (bicyclic) bond motifs is 1. The molecule has 0 aliphatic rings. The van der Waals surface area contributed by atoms with Crippen molar-refractivity contribution in [2.75, 3.05) is 0 Å². The lowest BCUT2D eigenvalue weighted by molar-refractivity contribution is 0.924. The van der Waals surface area contributed by atoms with Crippen molar-refractivity contribution in [1.29, 1.82) is 0 Å². The smallest absolute Gasteiger partial charge is 0.0682 e. The molecule has 0 bridgehead atoms. The first kappa shape index (κ1) is 11.8. The molecule has 0 saturated carbocycles. The van der Waals surface area contributed by atoms with Gasteiger partial charge in [0.25, 0.3) is 0 Å². The van der Waals surface area contributed by atoms with Gasteiger partial charge in [0.1, 0.15) is 0 Å². The maximum absolute atomic E-state index is 4.02. The molecule has 0 aliphatic carbocycles. The van der Waals surface area contributed by atoms with E-state index in [0.717, 1.165) is 6.42 Å². The number of H-pyrrole nitrogens is 1. The molecule has 2 aromatic rings. The number of hydrogen-bond acceptors (Lipinski definition) is 1. The Bertz CT molecular complexity index is 390. The van der Waals surface area contributed by atoms with Gasteiger partial charge in [-0.2, -0.15) is 5.10 Å². The summed E-state index contributed by atoms with van der Waals surface area (Å²) < 4.78 is 0. The molecule has 0 spiro atoms. The quantitative estimate of drug-likeness (QED) is 0.788. The van der Waals surface area contributed by atoms with E-state index in [1.807, 2.05) is 6.20 Å². The summed E-state index contributed by atoms with van der Waals surface area (Å²) in [5.74, 6) is 0. The summed E-state index contributed by atoms with van der Waals surface area (Å²) in [5.41, 5.74) is 2.56. The number of nitrogens with zero attached hydrogens (tertiary/aromatic N) is 1. The zero-order valence-electron chi connectivity index (χ0n) is 9.88. The number of nitrogens with one attached hydrogen (secondary N) is 1. The number of aromatic amines is 1. The van der Waals surface area contributed by atoms with E-state index < -0.39 is 0 Å².